The first-order valence-corrected chi connectivity index (χ1v) is 10.4. The van der Waals surface area contributed by atoms with Gasteiger partial charge < -0.3 is 15.4 Å². The second-order valence-electron chi connectivity index (χ2n) is 6.60. The van der Waals surface area contributed by atoms with Crippen molar-refractivity contribution in [2.45, 2.75) is 31.2 Å². The fraction of sp³-hybridized carbons (Fsp3) is 0.611. The van der Waals surface area contributed by atoms with Crippen LogP contribution < -0.4 is 10.6 Å². The van der Waals surface area contributed by atoms with Crippen LogP contribution in [0.1, 0.15) is 25.3 Å². The van der Waals surface area contributed by atoms with E-state index in [-0.39, 0.29) is 24.0 Å². The second-order valence-corrected chi connectivity index (χ2v) is 8.54. The number of halogens is 1. The van der Waals surface area contributed by atoms with E-state index < -0.39 is 10.0 Å². The SMILES string of the molecule is CN=C(NCCOC)NCc1ccc(S(=O)(=O)N2CCCC(C)C2)cc1.I. The Morgan fingerprint density at radius 3 is 2.59 bits per heavy atom. The molecule has 1 unspecified atom stereocenters. The van der Waals surface area contributed by atoms with E-state index in [0.29, 0.717) is 49.6 Å². The zero-order valence-corrected chi connectivity index (χ0v) is 19.4. The molecule has 7 nitrogen and oxygen atoms in total. The van der Waals surface area contributed by atoms with Gasteiger partial charge in [-0.2, -0.15) is 4.31 Å². The molecular formula is C18H31IN4O3S. The minimum Gasteiger partial charge on any atom is -0.383 e. The van der Waals surface area contributed by atoms with E-state index in [2.05, 4.69) is 22.5 Å². The first-order chi connectivity index (χ1) is 12.5. The molecule has 2 rings (SSSR count). The highest BCUT2D eigenvalue weighted by Gasteiger charge is 2.28. The van der Waals surface area contributed by atoms with Crippen molar-refractivity contribution in [1.29, 1.82) is 0 Å². The number of benzene rings is 1. The van der Waals surface area contributed by atoms with Crippen LogP contribution >= 0.6 is 24.0 Å². The van der Waals surface area contributed by atoms with E-state index in [1.807, 2.05) is 12.1 Å². The third-order valence-corrected chi connectivity index (χ3v) is 6.34. The van der Waals surface area contributed by atoms with Crippen LogP contribution in [-0.2, 0) is 21.3 Å². The highest BCUT2D eigenvalue weighted by Crippen LogP contribution is 2.23. The Morgan fingerprint density at radius 2 is 2.00 bits per heavy atom. The fourth-order valence-electron chi connectivity index (χ4n) is 2.97. The quantitative estimate of drug-likeness (QED) is 0.254. The predicted molar refractivity (Wildman–Crippen MR) is 119 cm³/mol. The van der Waals surface area contributed by atoms with Crippen molar-refractivity contribution < 1.29 is 13.2 Å². The number of hydrogen-bond acceptors (Lipinski definition) is 4. The Morgan fingerprint density at radius 1 is 1.30 bits per heavy atom. The lowest BCUT2D eigenvalue weighted by Gasteiger charge is -2.30. The van der Waals surface area contributed by atoms with E-state index in [4.69, 9.17) is 4.74 Å². The average Bonchev–Trinajstić information content (AvgIpc) is 2.65. The van der Waals surface area contributed by atoms with Gasteiger partial charge in [0.15, 0.2) is 5.96 Å². The summed E-state index contributed by atoms with van der Waals surface area (Å²) < 4.78 is 32.1. The number of methoxy groups -OCH3 is 1. The maximum absolute atomic E-state index is 12.8. The number of sulfonamides is 1. The van der Waals surface area contributed by atoms with Crippen LogP contribution in [0.15, 0.2) is 34.2 Å². The van der Waals surface area contributed by atoms with Gasteiger partial charge in [-0.15, -0.1) is 24.0 Å². The summed E-state index contributed by atoms with van der Waals surface area (Å²) in [5.74, 6) is 1.10. The standard InChI is InChI=1S/C18H30N4O3S.HI/c1-15-5-4-11-22(14-15)26(23,24)17-8-6-16(7-9-17)13-21-18(19-2)20-10-12-25-3;/h6-9,15H,4-5,10-14H2,1-3H3,(H2,19,20,21);1H. The van der Waals surface area contributed by atoms with Crippen molar-refractivity contribution in [2.75, 3.05) is 40.4 Å². The lowest BCUT2D eigenvalue weighted by Crippen LogP contribution is -2.39. The fourth-order valence-corrected chi connectivity index (χ4v) is 4.57. The first-order valence-electron chi connectivity index (χ1n) is 9.00. The molecule has 1 aromatic rings. The summed E-state index contributed by atoms with van der Waals surface area (Å²) in [6.07, 6.45) is 2.02. The number of piperidine rings is 1. The molecule has 0 radical (unpaired) electrons. The molecule has 0 bridgehead atoms. The molecule has 1 aliphatic heterocycles. The van der Waals surface area contributed by atoms with Crippen molar-refractivity contribution >= 4 is 40.0 Å². The van der Waals surface area contributed by atoms with Crippen molar-refractivity contribution in [2.24, 2.45) is 10.9 Å². The Bertz CT molecular complexity index is 695. The van der Waals surface area contributed by atoms with Gasteiger partial charge in [0.1, 0.15) is 0 Å². The summed E-state index contributed by atoms with van der Waals surface area (Å²) in [6, 6.07) is 7.06. The molecule has 0 amide bonds. The van der Waals surface area contributed by atoms with E-state index in [1.165, 1.54) is 0 Å². The summed E-state index contributed by atoms with van der Waals surface area (Å²) in [5.41, 5.74) is 0.991. The molecule has 154 valence electrons. The van der Waals surface area contributed by atoms with Gasteiger partial charge in [-0.1, -0.05) is 19.1 Å². The van der Waals surface area contributed by atoms with Crippen molar-refractivity contribution in [3.8, 4) is 0 Å². The molecule has 1 aromatic carbocycles. The molecular weight excluding hydrogens is 479 g/mol. The maximum atomic E-state index is 12.8. The molecule has 0 aliphatic carbocycles. The topological polar surface area (TPSA) is 83.0 Å². The van der Waals surface area contributed by atoms with Crippen LogP contribution in [0.3, 0.4) is 0 Å². The van der Waals surface area contributed by atoms with Crippen molar-refractivity contribution in [3.63, 3.8) is 0 Å². The molecule has 9 heteroatoms. The molecule has 1 atom stereocenters. The number of rotatable bonds is 7. The highest BCUT2D eigenvalue weighted by atomic mass is 127. The monoisotopic (exact) mass is 510 g/mol. The number of hydrogen-bond donors (Lipinski definition) is 2. The Labute approximate surface area is 180 Å². The molecule has 0 saturated carbocycles. The largest absolute Gasteiger partial charge is 0.383 e. The molecule has 1 aliphatic rings. The second kappa shape index (κ2) is 11.8. The van der Waals surface area contributed by atoms with Gasteiger partial charge in [0.05, 0.1) is 11.5 Å². The zero-order chi connectivity index (χ0) is 19.0. The molecule has 2 N–H and O–H groups in total. The minimum absolute atomic E-state index is 0. The summed E-state index contributed by atoms with van der Waals surface area (Å²) in [7, 11) is -0.0430. The van der Waals surface area contributed by atoms with Crippen LogP contribution in [-0.4, -0.2) is 59.1 Å². The molecule has 0 spiro atoms. The van der Waals surface area contributed by atoms with Crippen molar-refractivity contribution in [3.05, 3.63) is 29.8 Å². The lowest BCUT2D eigenvalue weighted by molar-refractivity contribution is 0.203. The third-order valence-electron chi connectivity index (χ3n) is 4.46. The number of nitrogens with zero attached hydrogens (tertiary/aromatic N) is 2. The molecule has 1 fully saturated rings. The van der Waals surface area contributed by atoms with Crippen LogP contribution in [0.5, 0.6) is 0 Å². The number of ether oxygens (including phenoxy) is 1. The van der Waals surface area contributed by atoms with Gasteiger partial charge in [0, 0.05) is 40.3 Å². The van der Waals surface area contributed by atoms with Gasteiger partial charge in [0.2, 0.25) is 10.0 Å². The van der Waals surface area contributed by atoms with E-state index in [1.54, 1.807) is 30.6 Å². The maximum Gasteiger partial charge on any atom is 0.243 e. The normalized spacial score (nSPS) is 18.6. The summed E-state index contributed by atoms with van der Waals surface area (Å²) in [6.45, 7) is 5.15. The summed E-state index contributed by atoms with van der Waals surface area (Å²) >= 11 is 0. The number of aliphatic imine (C=N–C) groups is 1. The number of nitrogens with one attached hydrogen (secondary N) is 2. The number of guanidine groups is 1. The van der Waals surface area contributed by atoms with Crippen LogP contribution in [0.25, 0.3) is 0 Å². The van der Waals surface area contributed by atoms with Crippen molar-refractivity contribution in [1.82, 2.24) is 14.9 Å². The molecule has 0 aromatic heterocycles. The third kappa shape index (κ3) is 7.20. The van der Waals surface area contributed by atoms with Gasteiger partial charge in [-0.3, -0.25) is 4.99 Å². The smallest absolute Gasteiger partial charge is 0.243 e. The summed E-state index contributed by atoms with van der Waals surface area (Å²) in [5, 5.41) is 6.33. The predicted octanol–water partition coefficient (Wildman–Crippen LogP) is 2.04. The Kier molecular flexibility index (Phi) is 10.6. The van der Waals surface area contributed by atoms with Gasteiger partial charge in [-0.05, 0) is 36.5 Å². The van der Waals surface area contributed by atoms with Gasteiger partial charge in [0.25, 0.3) is 0 Å². The Balaban J connectivity index is 0.00000364. The molecule has 1 heterocycles. The Hall–Kier alpha value is -0.910. The lowest BCUT2D eigenvalue weighted by atomic mass is 10.0. The van der Waals surface area contributed by atoms with Gasteiger partial charge in [-0.25, -0.2) is 8.42 Å². The van der Waals surface area contributed by atoms with E-state index >= 15 is 0 Å². The van der Waals surface area contributed by atoms with E-state index in [0.717, 1.165) is 18.4 Å². The summed E-state index contributed by atoms with van der Waals surface area (Å²) in [4.78, 5) is 4.50. The van der Waals surface area contributed by atoms with Crippen LogP contribution in [0.4, 0.5) is 0 Å². The molecule has 1 saturated heterocycles. The molecule has 27 heavy (non-hydrogen) atoms. The minimum atomic E-state index is -3.40. The van der Waals surface area contributed by atoms with Crippen LogP contribution in [0, 0.1) is 5.92 Å². The van der Waals surface area contributed by atoms with Crippen LogP contribution in [0.2, 0.25) is 0 Å². The first kappa shape index (κ1) is 24.1. The van der Waals surface area contributed by atoms with Gasteiger partial charge >= 0.3 is 0 Å². The average molecular weight is 510 g/mol. The zero-order valence-electron chi connectivity index (χ0n) is 16.3. The van der Waals surface area contributed by atoms with E-state index in [9.17, 15) is 8.42 Å². The highest BCUT2D eigenvalue weighted by molar-refractivity contribution is 14.0.